The predicted molar refractivity (Wildman–Crippen MR) is 64.3 cm³/mol. The number of rotatable bonds is 6. The topological polar surface area (TPSA) is 37.3 Å². The number of carboxylic acids is 1. The first kappa shape index (κ1) is 11.9. The molecule has 2 aliphatic carbocycles. The van der Waals surface area contributed by atoms with Crippen molar-refractivity contribution in [2.75, 3.05) is 0 Å². The molecule has 2 fully saturated rings. The maximum atomic E-state index is 10.4. The third-order valence-corrected chi connectivity index (χ3v) is 4.92. The van der Waals surface area contributed by atoms with Crippen LogP contribution in [0, 0.1) is 10.8 Å². The molecule has 2 rings (SSSR count). The van der Waals surface area contributed by atoms with Gasteiger partial charge in [-0.05, 0) is 55.8 Å². The first-order valence-electron chi connectivity index (χ1n) is 6.76. The van der Waals surface area contributed by atoms with Crippen molar-refractivity contribution in [2.24, 2.45) is 10.8 Å². The second kappa shape index (κ2) is 4.38. The molecule has 2 saturated carbocycles. The minimum absolute atomic E-state index is 0.352. The highest BCUT2D eigenvalue weighted by atomic mass is 16.4. The smallest absolute Gasteiger partial charge is 0.303 e. The van der Waals surface area contributed by atoms with Crippen LogP contribution in [0.4, 0.5) is 0 Å². The maximum absolute atomic E-state index is 10.4. The van der Waals surface area contributed by atoms with Crippen molar-refractivity contribution in [3.05, 3.63) is 0 Å². The van der Waals surface area contributed by atoms with Gasteiger partial charge in [0.1, 0.15) is 0 Å². The van der Waals surface area contributed by atoms with E-state index in [9.17, 15) is 4.79 Å². The fraction of sp³-hybridized carbons (Fsp3) is 0.929. The second-order valence-corrected chi connectivity index (χ2v) is 6.44. The third kappa shape index (κ3) is 2.58. The second-order valence-electron chi connectivity index (χ2n) is 6.44. The standard InChI is InChI=1S/C14H24O2/c1-13-7-9-14(11-13,10-8-13)6-4-2-3-5-12(15)16/h2-11H2,1H3,(H,15,16). The Kier molecular flexibility index (Phi) is 3.27. The molecule has 2 nitrogen and oxygen atoms in total. The summed E-state index contributed by atoms with van der Waals surface area (Å²) in [5.74, 6) is -0.646. The molecule has 1 N–H and O–H groups in total. The van der Waals surface area contributed by atoms with Gasteiger partial charge in [-0.25, -0.2) is 0 Å². The van der Waals surface area contributed by atoms with E-state index in [2.05, 4.69) is 6.92 Å². The van der Waals surface area contributed by atoms with Crippen LogP contribution in [0.3, 0.4) is 0 Å². The highest BCUT2D eigenvalue weighted by Gasteiger charge is 2.50. The summed E-state index contributed by atoms with van der Waals surface area (Å²) in [4.78, 5) is 10.4. The lowest BCUT2D eigenvalue weighted by atomic mass is 9.79. The van der Waals surface area contributed by atoms with E-state index < -0.39 is 5.97 Å². The van der Waals surface area contributed by atoms with Gasteiger partial charge in [0, 0.05) is 6.42 Å². The van der Waals surface area contributed by atoms with E-state index in [1.54, 1.807) is 0 Å². The Morgan fingerprint density at radius 1 is 1.12 bits per heavy atom. The molecule has 16 heavy (non-hydrogen) atoms. The lowest BCUT2D eigenvalue weighted by molar-refractivity contribution is -0.137. The number of aliphatic carboxylic acids is 1. The van der Waals surface area contributed by atoms with Gasteiger partial charge in [0.05, 0.1) is 0 Å². The van der Waals surface area contributed by atoms with Gasteiger partial charge in [-0.15, -0.1) is 0 Å². The van der Waals surface area contributed by atoms with Crippen LogP contribution in [0.1, 0.15) is 71.1 Å². The fourth-order valence-electron chi connectivity index (χ4n) is 3.93. The Morgan fingerprint density at radius 2 is 1.81 bits per heavy atom. The molecule has 0 atom stereocenters. The molecule has 2 aliphatic rings. The number of carboxylic acid groups (broad SMARTS) is 1. The van der Waals surface area contributed by atoms with Gasteiger partial charge in [-0.3, -0.25) is 4.79 Å². The minimum atomic E-state index is -0.646. The fourth-order valence-corrected chi connectivity index (χ4v) is 3.93. The molecular formula is C14H24O2. The van der Waals surface area contributed by atoms with Gasteiger partial charge >= 0.3 is 5.97 Å². The van der Waals surface area contributed by atoms with Crippen LogP contribution in [-0.4, -0.2) is 11.1 Å². The van der Waals surface area contributed by atoms with Crippen LogP contribution in [0.25, 0.3) is 0 Å². The lowest BCUT2D eigenvalue weighted by Crippen LogP contribution is -2.13. The van der Waals surface area contributed by atoms with Gasteiger partial charge in [0.25, 0.3) is 0 Å². The highest BCUT2D eigenvalue weighted by Crippen LogP contribution is 2.63. The molecule has 0 heterocycles. The van der Waals surface area contributed by atoms with Crippen LogP contribution in [0.2, 0.25) is 0 Å². The van der Waals surface area contributed by atoms with E-state index >= 15 is 0 Å². The van der Waals surface area contributed by atoms with E-state index in [4.69, 9.17) is 5.11 Å². The molecule has 0 aromatic heterocycles. The monoisotopic (exact) mass is 224 g/mol. The summed E-state index contributed by atoms with van der Waals surface area (Å²) in [6, 6.07) is 0. The van der Waals surface area contributed by atoms with Gasteiger partial charge in [0.15, 0.2) is 0 Å². The summed E-state index contributed by atoms with van der Waals surface area (Å²) in [5.41, 5.74) is 1.33. The zero-order valence-electron chi connectivity index (χ0n) is 10.4. The molecule has 0 aromatic rings. The van der Waals surface area contributed by atoms with E-state index in [1.807, 2.05) is 0 Å². The number of fused-ring (bicyclic) bond motifs is 2. The zero-order chi connectivity index (χ0) is 11.6. The van der Waals surface area contributed by atoms with Crippen molar-refractivity contribution in [2.45, 2.75) is 71.1 Å². The Balaban J connectivity index is 1.65. The summed E-state index contributed by atoms with van der Waals surface area (Å²) in [6.07, 6.45) is 12.1. The van der Waals surface area contributed by atoms with E-state index in [0.29, 0.717) is 17.3 Å². The Labute approximate surface area is 98.4 Å². The van der Waals surface area contributed by atoms with Crippen molar-refractivity contribution < 1.29 is 9.90 Å². The highest BCUT2D eigenvalue weighted by molar-refractivity contribution is 5.66. The molecule has 2 heteroatoms. The maximum Gasteiger partial charge on any atom is 0.303 e. The van der Waals surface area contributed by atoms with Crippen molar-refractivity contribution in [1.29, 1.82) is 0 Å². The average molecular weight is 224 g/mol. The SMILES string of the molecule is CC12CCC(CCCCCC(=O)O)(CC1)C2. The van der Waals surface area contributed by atoms with E-state index in [1.165, 1.54) is 44.9 Å². The van der Waals surface area contributed by atoms with Crippen molar-refractivity contribution in [3.63, 3.8) is 0 Å². The van der Waals surface area contributed by atoms with Crippen molar-refractivity contribution in [3.8, 4) is 0 Å². The average Bonchev–Trinajstić information content (AvgIpc) is 2.71. The molecule has 0 saturated heterocycles. The van der Waals surface area contributed by atoms with Gasteiger partial charge in [-0.2, -0.15) is 0 Å². The molecule has 0 amide bonds. The Hall–Kier alpha value is -0.530. The molecular weight excluding hydrogens is 200 g/mol. The molecule has 2 bridgehead atoms. The van der Waals surface area contributed by atoms with E-state index in [0.717, 1.165) is 12.8 Å². The Bertz CT molecular complexity index is 262. The summed E-state index contributed by atoms with van der Waals surface area (Å²) < 4.78 is 0. The van der Waals surface area contributed by atoms with E-state index in [-0.39, 0.29) is 0 Å². The van der Waals surface area contributed by atoms with Crippen LogP contribution in [-0.2, 0) is 4.79 Å². The summed E-state index contributed by atoms with van der Waals surface area (Å²) in [5, 5.41) is 8.56. The van der Waals surface area contributed by atoms with Crippen molar-refractivity contribution in [1.82, 2.24) is 0 Å². The molecule has 0 unspecified atom stereocenters. The third-order valence-electron chi connectivity index (χ3n) is 4.92. The number of carbonyl (C=O) groups is 1. The summed E-state index contributed by atoms with van der Waals surface area (Å²) in [6.45, 7) is 2.45. The van der Waals surface area contributed by atoms with Gasteiger partial charge in [-0.1, -0.05) is 19.8 Å². The first-order valence-corrected chi connectivity index (χ1v) is 6.76. The lowest BCUT2D eigenvalue weighted by Gasteiger charge is -2.26. The zero-order valence-corrected chi connectivity index (χ0v) is 10.4. The number of unbranched alkanes of at least 4 members (excludes halogenated alkanes) is 2. The van der Waals surface area contributed by atoms with Crippen LogP contribution < -0.4 is 0 Å². The normalized spacial score (nSPS) is 36.8. The van der Waals surface area contributed by atoms with Gasteiger partial charge in [0.2, 0.25) is 0 Å². The predicted octanol–water partition coefficient (Wildman–Crippen LogP) is 3.99. The van der Waals surface area contributed by atoms with Crippen LogP contribution in [0.5, 0.6) is 0 Å². The van der Waals surface area contributed by atoms with Crippen LogP contribution >= 0.6 is 0 Å². The molecule has 0 radical (unpaired) electrons. The largest absolute Gasteiger partial charge is 0.481 e. The molecule has 0 aliphatic heterocycles. The molecule has 0 spiro atoms. The van der Waals surface area contributed by atoms with Crippen molar-refractivity contribution >= 4 is 5.97 Å². The molecule has 92 valence electrons. The summed E-state index contributed by atoms with van der Waals surface area (Å²) in [7, 11) is 0. The first-order chi connectivity index (χ1) is 7.54. The molecule has 0 aromatic carbocycles. The Morgan fingerprint density at radius 3 is 2.31 bits per heavy atom. The minimum Gasteiger partial charge on any atom is -0.481 e. The van der Waals surface area contributed by atoms with Crippen LogP contribution in [0.15, 0.2) is 0 Å². The number of hydrogen-bond donors (Lipinski definition) is 1. The van der Waals surface area contributed by atoms with Gasteiger partial charge < -0.3 is 5.11 Å². The quantitative estimate of drug-likeness (QED) is 0.693. The number of hydrogen-bond acceptors (Lipinski definition) is 1. The summed E-state index contributed by atoms with van der Waals surface area (Å²) >= 11 is 0.